The van der Waals surface area contributed by atoms with Crippen molar-refractivity contribution >= 4 is 17.6 Å². The molecule has 1 aliphatic heterocycles. The Kier molecular flexibility index (Phi) is 6.41. The summed E-state index contributed by atoms with van der Waals surface area (Å²) in [4.78, 5) is 6.80. The Morgan fingerprint density at radius 3 is 2.45 bits per heavy atom. The molecular weight excluding hydrogens is 415 g/mol. The number of benzene rings is 3. The topological polar surface area (TPSA) is 34.1 Å². The quantitative estimate of drug-likeness (QED) is 0.368. The van der Waals surface area contributed by atoms with E-state index in [1.54, 1.807) is 19.4 Å². The molecule has 1 unspecified atom stereocenters. The van der Waals surface area contributed by atoms with E-state index in [1.165, 1.54) is 5.56 Å². The molecule has 1 atom stereocenters. The summed E-state index contributed by atoms with van der Waals surface area (Å²) in [5, 5.41) is 0. The van der Waals surface area contributed by atoms with Crippen LogP contribution in [0.2, 0.25) is 0 Å². The number of anilines is 1. The lowest BCUT2D eigenvalue weighted by molar-refractivity contribution is 0.379. The molecule has 0 spiro atoms. The number of halogens is 1. The van der Waals surface area contributed by atoms with Gasteiger partial charge in [-0.05, 0) is 87.2 Å². The lowest BCUT2D eigenvalue weighted by atomic mass is 9.79. The van der Waals surface area contributed by atoms with Crippen molar-refractivity contribution in [2.24, 2.45) is 4.99 Å². The Hall–Kier alpha value is -3.34. The van der Waals surface area contributed by atoms with Gasteiger partial charge in [-0.3, -0.25) is 4.99 Å². The number of nitrogens with zero attached hydrogens (tertiary/aromatic N) is 2. The molecule has 4 rings (SSSR count). The third-order valence-corrected chi connectivity index (χ3v) is 6.31. The van der Waals surface area contributed by atoms with Crippen LogP contribution in [0.4, 0.5) is 15.8 Å². The van der Waals surface area contributed by atoms with Gasteiger partial charge in [0.1, 0.15) is 11.6 Å². The molecule has 0 saturated heterocycles. The van der Waals surface area contributed by atoms with Gasteiger partial charge in [-0.1, -0.05) is 19.1 Å². The van der Waals surface area contributed by atoms with Gasteiger partial charge in [0, 0.05) is 29.5 Å². The standard InChI is InChI=1S/C28H31FN2O2/c1-6-31-25-16-24(29)20(15-23(25)19(2)17-28(31,3)4)18-30-21-11-13-22(14-12-21)33-27-10-8-7-9-26(27)32-5/h7-16,18-19H,6,17H2,1-5H3. The summed E-state index contributed by atoms with van der Waals surface area (Å²) in [6, 6.07) is 18.5. The van der Waals surface area contributed by atoms with Crippen LogP contribution in [0.5, 0.6) is 17.2 Å². The SMILES string of the molecule is CCN1c2cc(F)c(C=Nc3ccc(Oc4ccccc4OC)cc3)cc2C(C)CC1(C)C. The number of hydrogen-bond donors (Lipinski definition) is 0. The first-order valence-corrected chi connectivity index (χ1v) is 11.4. The number of ether oxygens (including phenoxy) is 2. The highest BCUT2D eigenvalue weighted by Gasteiger charge is 2.36. The third-order valence-electron chi connectivity index (χ3n) is 6.31. The fraction of sp³-hybridized carbons (Fsp3) is 0.321. The Bertz CT molecular complexity index is 1160. The first-order chi connectivity index (χ1) is 15.8. The van der Waals surface area contributed by atoms with Gasteiger partial charge < -0.3 is 14.4 Å². The predicted octanol–water partition coefficient (Wildman–Crippen LogP) is 7.49. The summed E-state index contributed by atoms with van der Waals surface area (Å²) in [7, 11) is 1.61. The molecule has 3 aromatic rings. The Morgan fingerprint density at radius 1 is 1.09 bits per heavy atom. The molecule has 0 radical (unpaired) electrons. The summed E-state index contributed by atoms with van der Waals surface area (Å²) in [5.41, 5.74) is 3.42. The first kappa shape index (κ1) is 22.8. The van der Waals surface area contributed by atoms with Crippen LogP contribution in [-0.4, -0.2) is 25.4 Å². The Balaban J connectivity index is 1.54. The van der Waals surface area contributed by atoms with Crippen LogP contribution in [0, 0.1) is 5.82 Å². The van der Waals surface area contributed by atoms with Gasteiger partial charge in [0.25, 0.3) is 0 Å². The first-order valence-electron chi connectivity index (χ1n) is 11.4. The highest BCUT2D eigenvalue weighted by molar-refractivity contribution is 5.84. The van der Waals surface area contributed by atoms with Gasteiger partial charge in [-0.15, -0.1) is 0 Å². The van der Waals surface area contributed by atoms with Crippen molar-refractivity contribution in [3.05, 3.63) is 77.6 Å². The zero-order valence-electron chi connectivity index (χ0n) is 19.9. The van der Waals surface area contributed by atoms with E-state index in [1.807, 2.05) is 54.6 Å². The van der Waals surface area contributed by atoms with Gasteiger partial charge >= 0.3 is 0 Å². The molecule has 0 aromatic heterocycles. The Labute approximate surface area is 195 Å². The minimum Gasteiger partial charge on any atom is -0.493 e. The van der Waals surface area contributed by atoms with E-state index >= 15 is 0 Å². The van der Waals surface area contributed by atoms with Crippen molar-refractivity contribution in [1.29, 1.82) is 0 Å². The molecule has 0 fully saturated rings. The molecule has 5 heteroatoms. The number of para-hydroxylation sites is 2. The van der Waals surface area contributed by atoms with Crippen molar-refractivity contribution in [2.45, 2.75) is 45.6 Å². The summed E-state index contributed by atoms with van der Waals surface area (Å²) in [6.45, 7) is 9.64. The number of aliphatic imine (C=N–C) groups is 1. The smallest absolute Gasteiger partial charge is 0.169 e. The second-order valence-corrected chi connectivity index (χ2v) is 9.10. The van der Waals surface area contributed by atoms with Crippen molar-refractivity contribution in [1.82, 2.24) is 0 Å². The normalized spacial score (nSPS) is 17.2. The molecule has 33 heavy (non-hydrogen) atoms. The Morgan fingerprint density at radius 2 is 1.79 bits per heavy atom. The zero-order valence-corrected chi connectivity index (χ0v) is 19.9. The molecule has 0 aliphatic carbocycles. The van der Waals surface area contributed by atoms with E-state index in [0.29, 0.717) is 28.7 Å². The maximum Gasteiger partial charge on any atom is 0.169 e. The number of hydrogen-bond acceptors (Lipinski definition) is 4. The van der Waals surface area contributed by atoms with Crippen LogP contribution in [0.15, 0.2) is 65.7 Å². The molecule has 0 N–H and O–H groups in total. The van der Waals surface area contributed by atoms with Crippen molar-refractivity contribution in [3.63, 3.8) is 0 Å². The monoisotopic (exact) mass is 446 g/mol. The van der Waals surface area contributed by atoms with Crippen LogP contribution < -0.4 is 14.4 Å². The fourth-order valence-corrected chi connectivity index (χ4v) is 4.79. The zero-order chi connectivity index (χ0) is 23.6. The maximum atomic E-state index is 15.0. The number of fused-ring (bicyclic) bond motifs is 1. The molecule has 0 saturated carbocycles. The molecule has 1 aliphatic rings. The summed E-state index contributed by atoms with van der Waals surface area (Å²) in [5.74, 6) is 2.09. The average Bonchev–Trinajstić information content (AvgIpc) is 2.79. The van der Waals surface area contributed by atoms with E-state index < -0.39 is 0 Å². The highest BCUT2D eigenvalue weighted by Crippen LogP contribution is 2.44. The van der Waals surface area contributed by atoms with Crippen molar-refractivity contribution in [2.75, 3.05) is 18.6 Å². The third kappa shape index (κ3) is 4.72. The lowest BCUT2D eigenvalue weighted by Crippen LogP contribution is -2.48. The van der Waals surface area contributed by atoms with Gasteiger partial charge in [-0.2, -0.15) is 0 Å². The van der Waals surface area contributed by atoms with Gasteiger partial charge in [0.15, 0.2) is 11.5 Å². The van der Waals surface area contributed by atoms with E-state index in [4.69, 9.17) is 9.47 Å². The second-order valence-electron chi connectivity index (χ2n) is 9.10. The van der Waals surface area contributed by atoms with E-state index in [0.717, 1.165) is 24.3 Å². The van der Waals surface area contributed by atoms with Crippen molar-refractivity contribution < 1.29 is 13.9 Å². The molecule has 3 aromatic carbocycles. The van der Waals surface area contributed by atoms with Gasteiger partial charge in [0.05, 0.1) is 12.8 Å². The minimum atomic E-state index is -0.253. The average molecular weight is 447 g/mol. The van der Waals surface area contributed by atoms with Gasteiger partial charge in [0.2, 0.25) is 0 Å². The van der Waals surface area contributed by atoms with E-state index in [9.17, 15) is 4.39 Å². The summed E-state index contributed by atoms with van der Waals surface area (Å²) < 4.78 is 26.2. The van der Waals surface area contributed by atoms with E-state index in [-0.39, 0.29) is 11.4 Å². The van der Waals surface area contributed by atoms with Crippen molar-refractivity contribution in [3.8, 4) is 17.2 Å². The van der Waals surface area contributed by atoms with Crippen LogP contribution in [0.3, 0.4) is 0 Å². The maximum absolute atomic E-state index is 15.0. The van der Waals surface area contributed by atoms with E-state index in [2.05, 4.69) is 37.6 Å². The lowest BCUT2D eigenvalue weighted by Gasteiger charge is -2.47. The largest absolute Gasteiger partial charge is 0.493 e. The summed E-state index contributed by atoms with van der Waals surface area (Å²) >= 11 is 0. The van der Waals surface area contributed by atoms with Crippen LogP contribution >= 0.6 is 0 Å². The molecule has 0 amide bonds. The van der Waals surface area contributed by atoms with Crippen LogP contribution in [-0.2, 0) is 0 Å². The molecule has 4 nitrogen and oxygen atoms in total. The molecule has 1 heterocycles. The van der Waals surface area contributed by atoms with Gasteiger partial charge in [-0.25, -0.2) is 4.39 Å². The predicted molar refractivity (Wildman–Crippen MR) is 133 cm³/mol. The number of methoxy groups -OCH3 is 1. The molecule has 0 bridgehead atoms. The summed E-state index contributed by atoms with van der Waals surface area (Å²) in [6.07, 6.45) is 2.64. The molecular formula is C28H31FN2O2. The van der Waals surface area contributed by atoms with Crippen LogP contribution in [0.25, 0.3) is 0 Å². The molecule has 172 valence electrons. The van der Waals surface area contributed by atoms with Crippen LogP contribution in [0.1, 0.15) is 51.2 Å². The fourth-order valence-electron chi connectivity index (χ4n) is 4.79. The second kappa shape index (κ2) is 9.26. The number of rotatable bonds is 6. The minimum absolute atomic E-state index is 0.0107. The highest BCUT2D eigenvalue weighted by atomic mass is 19.1.